The van der Waals surface area contributed by atoms with Crippen molar-refractivity contribution in [1.82, 2.24) is 0 Å². The van der Waals surface area contributed by atoms with Crippen molar-refractivity contribution < 1.29 is 19.0 Å². The SMILES string of the molecule is CCC(C)(CC)CC12CC1C(C)=C2OC12CC3CC(C(=O)O1)C2O3. The second kappa shape index (κ2) is 4.38. The van der Waals surface area contributed by atoms with Crippen LogP contribution in [-0.2, 0) is 19.0 Å². The van der Waals surface area contributed by atoms with Crippen molar-refractivity contribution in [2.75, 3.05) is 0 Å². The zero-order valence-electron chi connectivity index (χ0n) is 15.2. The number of esters is 1. The fourth-order valence-corrected chi connectivity index (χ4v) is 5.91. The molecule has 3 heterocycles. The summed E-state index contributed by atoms with van der Waals surface area (Å²) in [6.07, 6.45) is 6.25. The van der Waals surface area contributed by atoms with Crippen LogP contribution in [0.2, 0.25) is 0 Å². The second-order valence-electron chi connectivity index (χ2n) is 9.18. The fraction of sp³-hybridized carbons (Fsp3) is 0.850. The second-order valence-corrected chi connectivity index (χ2v) is 9.18. The van der Waals surface area contributed by atoms with Crippen LogP contribution in [0, 0.1) is 22.7 Å². The maximum Gasteiger partial charge on any atom is 0.315 e. The van der Waals surface area contributed by atoms with Crippen molar-refractivity contribution in [2.45, 2.75) is 84.2 Å². The van der Waals surface area contributed by atoms with Crippen LogP contribution in [0.25, 0.3) is 0 Å². The molecule has 0 aromatic rings. The normalized spacial score (nSPS) is 47.6. The number of fused-ring (bicyclic) bond motifs is 2. The molecular formula is C20H28O4. The monoisotopic (exact) mass is 332 g/mol. The topological polar surface area (TPSA) is 44.8 Å². The molecule has 0 spiro atoms. The van der Waals surface area contributed by atoms with E-state index in [2.05, 4.69) is 27.7 Å². The lowest BCUT2D eigenvalue weighted by Gasteiger charge is -2.42. The summed E-state index contributed by atoms with van der Waals surface area (Å²) < 4.78 is 18.3. The van der Waals surface area contributed by atoms with Crippen LogP contribution >= 0.6 is 0 Å². The highest BCUT2D eigenvalue weighted by atomic mass is 16.8. The maximum atomic E-state index is 12.2. The van der Waals surface area contributed by atoms with Crippen LogP contribution in [-0.4, -0.2) is 24.0 Å². The van der Waals surface area contributed by atoms with Crippen molar-refractivity contribution in [1.29, 1.82) is 0 Å². The molecule has 4 nitrogen and oxygen atoms in total. The number of rotatable bonds is 6. The Bertz CT molecular complexity index is 648. The number of hydrogen-bond donors (Lipinski definition) is 0. The van der Waals surface area contributed by atoms with Crippen LogP contribution in [0.5, 0.6) is 0 Å². The molecule has 0 aromatic carbocycles. The van der Waals surface area contributed by atoms with E-state index in [1.54, 1.807) is 0 Å². The van der Waals surface area contributed by atoms with E-state index >= 15 is 0 Å². The molecule has 1 saturated carbocycles. The Kier molecular flexibility index (Phi) is 2.78. The van der Waals surface area contributed by atoms with Gasteiger partial charge >= 0.3 is 5.97 Å². The largest absolute Gasteiger partial charge is 0.453 e. The highest BCUT2D eigenvalue weighted by Crippen LogP contribution is 2.76. The molecular weight excluding hydrogens is 304 g/mol. The van der Waals surface area contributed by atoms with Crippen molar-refractivity contribution in [3.8, 4) is 0 Å². The number of carbonyl (C=O) groups is 1. The Morgan fingerprint density at radius 1 is 1.29 bits per heavy atom. The van der Waals surface area contributed by atoms with Crippen LogP contribution in [0.4, 0.5) is 0 Å². The molecule has 5 rings (SSSR count). The first-order valence-electron chi connectivity index (χ1n) is 9.65. The van der Waals surface area contributed by atoms with Crippen molar-refractivity contribution in [2.24, 2.45) is 22.7 Å². The first-order valence-corrected chi connectivity index (χ1v) is 9.65. The highest BCUT2D eigenvalue weighted by Gasteiger charge is 2.74. The average molecular weight is 332 g/mol. The first-order chi connectivity index (χ1) is 11.4. The van der Waals surface area contributed by atoms with Crippen LogP contribution in [0.3, 0.4) is 0 Å². The van der Waals surface area contributed by atoms with Gasteiger partial charge < -0.3 is 14.2 Å². The zero-order valence-corrected chi connectivity index (χ0v) is 15.2. The Balaban J connectivity index is 1.40. The molecule has 0 aromatic heterocycles. The molecule has 4 fully saturated rings. The Labute approximate surface area is 143 Å². The van der Waals surface area contributed by atoms with E-state index in [4.69, 9.17) is 14.2 Å². The molecule has 0 amide bonds. The van der Waals surface area contributed by atoms with Gasteiger partial charge in [-0.2, -0.15) is 0 Å². The average Bonchev–Trinajstić information content (AvgIpc) is 2.79. The van der Waals surface area contributed by atoms with E-state index in [1.165, 1.54) is 31.3 Å². The Morgan fingerprint density at radius 3 is 2.67 bits per heavy atom. The van der Waals surface area contributed by atoms with Crippen LogP contribution in [0.15, 0.2) is 11.3 Å². The van der Waals surface area contributed by atoms with Gasteiger partial charge in [0.05, 0.1) is 18.4 Å². The van der Waals surface area contributed by atoms with Gasteiger partial charge in [0.15, 0.2) is 0 Å². The lowest BCUT2D eigenvalue weighted by Crippen LogP contribution is -2.44. The van der Waals surface area contributed by atoms with E-state index in [-0.39, 0.29) is 29.5 Å². The van der Waals surface area contributed by atoms with Crippen LogP contribution < -0.4 is 0 Å². The van der Waals surface area contributed by atoms with Gasteiger partial charge in [0.1, 0.15) is 11.9 Å². The molecule has 0 N–H and O–H groups in total. The summed E-state index contributed by atoms with van der Waals surface area (Å²) in [4.78, 5) is 12.2. The Morgan fingerprint density at radius 2 is 2.04 bits per heavy atom. The highest BCUT2D eigenvalue weighted by molar-refractivity contribution is 5.77. The van der Waals surface area contributed by atoms with E-state index in [1.807, 2.05) is 0 Å². The lowest BCUT2D eigenvalue weighted by atomic mass is 9.69. The quantitative estimate of drug-likeness (QED) is 0.691. The third-order valence-corrected chi connectivity index (χ3v) is 7.88. The number of allylic oxidation sites excluding steroid dienone is 2. The molecule has 0 radical (unpaired) electrons. The summed E-state index contributed by atoms with van der Waals surface area (Å²) in [5, 5.41) is 0. The van der Waals surface area contributed by atoms with Gasteiger partial charge in [-0.1, -0.05) is 33.6 Å². The minimum atomic E-state index is -0.823. The molecule has 3 aliphatic heterocycles. The number of ether oxygens (including phenoxy) is 3. The minimum Gasteiger partial charge on any atom is -0.453 e. The Hall–Kier alpha value is -1.03. The summed E-state index contributed by atoms with van der Waals surface area (Å²) in [6.45, 7) is 9.17. The molecule has 24 heavy (non-hydrogen) atoms. The minimum absolute atomic E-state index is 0.104. The molecule has 3 saturated heterocycles. The van der Waals surface area contributed by atoms with Gasteiger partial charge in [-0.15, -0.1) is 0 Å². The van der Waals surface area contributed by atoms with Gasteiger partial charge in [-0.3, -0.25) is 4.79 Å². The van der Waals surface area contributed by atoms with E-state index in [0.717, 1.165) is 12.2 Å². The van der Waals surface area contributed by atoms with Crippen molar-refractivity contribution >= 4 is 5.97 Å². The summed E-state index contributed by atoms with van der Waals surface area (Å²) in [5.41, 5.74) is 1.95. The van der Waals surface area contributed by atoms with Gasteiger partial charge in [0, 0.05) is 5.41 Å². The summed E-state index contributed by atoms with van der Waals surface area (Å²) >= 11 is 0. The van der Waals surface area contributed by atoms with E-state index in [9.17, 15) is 4.79 Å². The summed E-state index contributed by atoms with van der Waals surface area (Å²) in [5.74, 6) is 0.772. The third kappa shape index (κ3) is 1.66. The molecule has 2 aliphatic carbocycles. The molecule has 5 aliphatic rings. The standard InChI is InChI=1S/C20H28O4/c1-5-18(4,6-2)10-19-9-14(19)11(3)15(19)23-20-8-12-7-13(16(20)22-12)17(21)24-20/h12-14,16H,5-10H2,1-4H3. The first kappa shape index (κ1) is 15.2. The zero-order chi connectivity index (χ0) is 16.9. The molecule has 4 heteroatoms. The maximum absolute atomic E-state index is 12.2. The lowest BCUT2D eigenvalue weighted by molar-refractivity contribution is -0.212. The van der Waals surface area contributed by atoms with Crippen molar-refractivity contribution in [3.05, 3.63) is 11.3 Å². The molecule has 6 atom stereocenters. The van der Waals surface area contributed by atoms with Crippen LogP contribution in [0.1, 0.15) is 66.2 Å². The third-order valence-electron chi connectivity index (χ3n) is 7.88. The van der Waals surface area contributed by atoms with Gasteiger partial charge in [-0.25, -0.2) is 0 Å². The fourth-order valence-electron chi connectivity index (χ4n) is 5.91. The predicted octanol–water partition coefficient (Wildman–Crippen LogP) is 3.94. The smallest absolute Gasteiger partial charge is 0.315 e. The van der Waals surface area contributed by atoms with Gasteiger partial charge in [-0.05, 0) is 43.1 Å². The summed E-state index contributed by atoms with van der Waals surface area (Å²) in [6, 6.07) is 0. The van der Waals surface area contributed by atoms with E-state index < -0.39 is 5.79 Å². The summed E-state index contributed by atoms with van der Waals surface area (Å²) in [7, 11) is 0. The molecule has 132 valence electrons. The molecule has 6 unspecified atom stereocenters. The van der Waals surface area contributed by atoms with E-state index in [0.29, 0.717) is 17.8 Å². The number of carbonyl (C=O) groups excluding carboxylic acids is 1. The predicted molar refractivity (Wildman–Crippen MR) is 87.8 cm³/mol. The van der Waals surface area contributed by atoms with Gasteiger partial charge in [0.25, 0.3) is 5.79 Å². The molecule has 2 bridgehead atoms. The van der Waals surface area contributed by atoms with Crippen molar-refractivity contribution in [3.63, 3.8) is 0 Å². The number of hydrogen-bond acceptors (Lipinski definition) is 4. The van der Waals surface area contributed by atoms with Gasteiger partial charge in [0.2, 0.25) is 0 Å².